The van der Waals surface area contributed by atoms with E-state index in [9.17, 15) is 0 Å². The van der Waals surface area contributed by atoms with E-state index in [0.717, 1.165) is 18.6 Å². The summed E-state index contributed by atoms with van der Waals surface area (Å²) in [6.45, 7) is 6.93. The van der Waals surface area contributed by atoms with Gasteiger partial charge < -0.3 is 22.8 Å². The molecule has 0 aliphatic carbocycles. The summed E-state index contributed by atoms with van der Waals surface area (Å²) in [6, 6.07) is 0. The van der Waals surface area contributed by atoms with Crippen molar-refractivity contribution in [2.45, 2.75) is 39.0 Å². The highest BCUT2D eigenvalue weighted by Gasteiger charge is 2.65. The Kier molecular flexibility index (Phi) is 10.3. The molecule has 1 atom stereocenters. The highest BCUT2D eigenvalue weighted by molar-refractivity contribution is 7.80. The Morgan fingerprint density at radius 3 is 1.75 bits per heavy atom. The first kappa shape index (κ1) is 20.4. The molecule has 0 saturated heterocycles. The molecule has 0 fully saturated rings. The Bertz CT molecular complexity index is 237. The second kappa shape index (κ2) is 10.2. The van der Waals surface area contributed by atoms with Gasteiger partial charge in [0.2, 0.25) is 5.41 Å². The maximum Gasteiger partial charge on any atom is 0.563 e. The van der Waals surface area contributed by atoms with E-state index in [1.165, 1.54) is 0 Å². The molecular weight excluding hydrogens is 296 g/mol. The van der Waals surface area contributed by atoms with Crippen LogP contribution in [0.5, 0.6) is 0 Å². The largest absolute Gasteiger partial charge is 0.563 e. The molecule has 0 bridgehead atoms. The lowest BCUT2D eigenvalue weighted by Crippen LogP contribution is -2.69. The van der Waals surface area contributed by atoms with Crippen molar-refractivity contribution in [1.29, 1.82) is 0 Å². The zero-order valence-electron chi connectivity index (χ0n) is 13.6. The Hall–Kier alpha value is 0.367. The molecular formula is C13H30O5SSi. The van der Waals surface area contributed by atoms with Gasteiger partial charge >= 0.3 is 8.80 Å². The van der Waals surface area contributed by atoms with E-state index in [1.54, 1.807) is 21.3 Å². The van der Waals surface area contributed by atoms with Crippen LogP contribution < -0.4 is 0 Å². The zero-order valence-corrected chi connectivity index (χ0v) is 15.5. The summed E-state index contributed by atoms with van der Waals surface area (Å²) in [7, 11) is 1.62. The number of ether oxygens (including phenoxy) is 2. The lowest BCUT2D eigenvalue weighted by Gasteiger charge is -2.45. The van der Waals surface area contributed by atoms with Gasteiger partial charge in [-0.15, -0.1) is 0 Å². The molecule has 0 rings (SSSR count). The highest BCUT2D eigenvalue weighted by Crippen LogP contribution is 2.37. The van der Waals surface area contributed by atoms with Gasteiger partial charge in [0.25, 0.3) is 0 Å². The van der Waals surface area contributed by atoms with Gasteiger partial charge in [-0.2, -0.15) is 12.6 Å². The fourth-order valence-electron chi connectivity index (χ4n) is 2.50. The van der Waals surface area contributed by atoms with Crippen LogP contribution >= 0.6 is 12.6 Å². The normalized spacial score (nSPS) is 14.6. The standard InChI is InChI=1S/C13H30O5SSi/c1-7-17-13(18-8-2,12(3)10-9-11-19)20(14-4,15-5)16-6/h12,19H,7-11H2,1-6H3. The molecule has 0 amide bonds. The molecule has 0 aliphatic rings. The first-order valence-corrected chi connectivity index (χ1v) is 9.43. The van der Waals surface area contributed by atoms with E-state index in [2.05, 4.69) is 19.6 Å². The molecule has 0 heterocycles. The van der Waals surface area contributed by atoms with Gasteiger partial charge in [0.15, 0.2) is 0 Å². The van der Waals surface area contributed by atoms with Crippen molar-refractivity contribution in [3.05, 3.63) is 0 Å². The van der Waals surface area contributed by atoms with Gasteiger partial charge in [-0.3, -0.25) is 0 Å². The molecule has 20 heavy (non-hydrogen) atoms. The molecule has 0 spiro atoms. The lowest BCUT2D eigenvalue weighted by atomic mass is 10.1. The van der Waals surface area contributed by atoms with Gasteiger partial charge in [0, 0.05) is 40.5 Å². The summed E-state index contributed by atoms with van der Waals surface area (Å²) in [5.41, 5.74) is -0.988. The van der Waals surface area contributed by atoms with Crippen molar-refractivity contribution in [2.75, 3.05) is 40.3 Å². The van der Waals surface area contributed by atoms with Gasteiger partial charge in [0.1, 0.15) is 0 Å². The maximum atomic E-state index is 6.01. The molecule has 7 heteroatoms. The highest BCUT2D eigenvalue weighted by atomic mass is 32.1. The number of rotatable bonds is 12. The van der Waals surface area contributed by atoms with E-state index in [-0.39, 0.29) is 5.92 Å². The molecule has 0 saturated carbocycles. The van der Waals surface area contributed by atoms with Crippen LogP contribution in [0.1, 0.15) is 33.6 Å². The minimum absolute atomic E-state index is 0.0704. The summed E-state index contributed by atoms with van der Waals surface area (Å²) in [5.74, 6) is 0.890. The molecule has 122 valence electrons. The Labute approximate surface area is 130 Å². The third-order valence-electron chi connectivity index (χ3n) is 3.39. The van der Waals surface area contributed by atoms with Crippen LogP contribution in [-0.4, -0.2) is 54.5 Å². The summed E-state index contributed by atoms with van der Waals surface area (Å²) >= 11 is 4.27. The third-order valence-corrected chi connectivity index (χ3v) is 6.96. The van der Waals surface area contributed by atoms with Crippen LogP contribution in [0.15, 0.2) is 0 Å². The van der Waals surface area contributed by atoms with Crippen LogP contribution in [0.4, 0.5) is 0 Å². The number of thiol groups is 1. The van der Waals surface area contributed by atoms with Crippen molar-refractivity contribution in [3.8, 4) is 0 Å². The van der Waals surface area contributed by atoms with Crippen molar-refractivity contribution < 1.29 is 22.8 Å². The second-order valence-corrected chi connectivity index (χ2v) is 7.95. The minimum atomic E-state index is -3.12. The summed E-state index contributed by atoms with van der Waals surface area (Å²) < 4.78 is 28.9. The summed E-state index contributed by atoms with van der Waals surface area (Å²) in [4.78, 5) is 0. The first-order chi connectivity index (χ1) is 9.53. The van der Waals surface area contributed by atoms with Crippen molar-refractivity contribution in [3.63, 3.8) is 0 Å². The van der Waals surface area contributed by atoms with Gasteiger partial charge in [-0.25, -0.2) is 0 Å². The zero-order chi connectivity index (χ0) is 15.6. The average molecular weight is 327 g/mol. The van der Waals surface area contributed by atoms with Crippen LogP contribution in [0.3, 0.4) is 0 Å². The molecule has 0 aliphatic heterocycles. The van der Waals surface area contributed by atoms with Crippen LogP contribution in [0, 0.1) is 5.92 Å². The first-order valence-electron chi connectivity index (χ1n) is 7.08. The molecule has 0 aromatic rings. The van der Waals surface area contributed by atoms with Crippen molar-refractivity contribution >= 4 is 21.4 Å². The van der Waals surface area contributed by atoms with Crippen molar-refractivity contribution in [1.82, 2.24) is 0 Å². The predicted molar refractivity (Wildman–Crippen MR) is 85.0 cm³/mol. The molecule has 0 aromatic carbocycles. The molecule has 5 nitrogen and oxygen atoms in total. The topological polar surface area (TPSA) is 46.2 Å². The smallest absolute Gasteiger partial charge is 0.374 e. The lowest BCUT2D eigenvalue weighted by molar-refractivity contribution is -0.242. The van der Waals surface area contributed by atoms with E-state index >= 15 is 0 Å². The van der Waals surface area contributed by atoms with Gasteiger partial charge in [-0.1, -0.05) is 6.92 Å². The van der Waals surface area contributed by atoms with Crippen molar-refractivity contribution in [2.24, 2.45) is 5.92 Å². The quantitative estimate of drug-likeness (QED) is 0.339. The molecule has 1 unspecified atom stereocenters. The monoisotopic (exact) mass is 326 g/mol. The SMILES string of the molecule is CCOC(OCC)(C(C)CCCS)[Si](OC)(OC)OC. The number of hydrogen-bond acceptors (Lipinski definition) is 6. The molecule has 0 radical (unpaired) electrons. The van der Waals surface area contributed by atoms with Gasteiger partial charge in [-0.05, 0) is 32.4 Å². The number of hydrogen-bond donors (Lipinski definition) is 1. The van der Waals surface area contributed by atoms with Crippen LogP contribution in [0.25, 0.3) is 0 Å². The van der Waals surface area contributed by atoms with E-state index in [1.807, 2.05) is 13.8 Å². The summed E-state index contributed by atoms with van der Waals surface area (Å²) in [6.07, 6.45) is 1.86. The fourth-order valence-corrected chi connectivity index (χ4v) is 5.42. The van der Waals surface area contributed by atoms with E-state index in [0.29, 0.717) is 13.2 Å². The third kappa shape index (κ3) is 4.19. The Morgan fingerprint density at radius 2 is 1.45 bits per heavy atom. The Morgan fingerprint density at radius 1 is 1.00 bits per heavy atom. The second-order valence-electron chi connectivity index (χ2n) is 4.47. The molecule has 0 aromatic heterocycles. The Balaban J connectivity index is 5.58. The molecule has 0 N–H and O–H groups in total. The summed E-state index contributed by atoms with van der Waals surface area (Å²) in [5, 5.41) is 0. The average Bonchev–Trinajstić information content (AvgIpc) is 2.47. The maximum absolute atomic E-state index is 6.01. The minimum Gasteiger partial charge on any atom is -0.374 e. The van der Waals surface area contributed by atoms with E-state index in [4.69, 9.17) is 22.8 Å². The van der Waals surface area contributed by atoms with Crippen LogP contribution in [0.2, 0.25) is 0 Å². The fraction of sp³-hybridized carbons (Fsp3) is 1.00. The van der Waals surface area contributed by atoms with Crippen LogP contribution in [-0.2, 0) is 22.8 Å². The van der Waals surface area contributed by atoms with E-state index < -0.39 is 14.2 Å². The van der Waals surface area contributed by atoms with Gasteiger partial charge in [0.05, 0.1) is 0 Å². The predicted octanol–water partition coefficient (Wildman–Crippen LogP) is 2.52.